The van der Waals surface area contributed by atoms with E-state index in [9.17, 15) is 19.2 Å². The van der Waals surface area contributed by atoms with Crippen LogP contribution in [0.3, 0.4) is 0 Å². The summed E-state index contributed by atoms with van der Waals surface area (Å²) in [6, 6.07) is 15.9. The highest BCUT2D eigenvalue weighted by Gasteiger charge is 2.33. The lowest BCUT2D eigenvalue weighted by molar-refractivity contribution is 0.00896. The first-order valence-corrected chi connectivity index (χ1v) is 16.7. The summed E-state index contributed by atoms with van der Waals surface area (Å²) < 4.78 is 14.3. The predicted octanol–water partition coefficient (Wildman–Crippen LogP) is 6.01. The van der Waals surface area contributed by atoms with Gasteiger partial charge in [0.1, 0.15) is 23.5 Å². The van der Waals surface area contributed by atoms with Crippen molar-refractivity contribution in [1.29, 1.82) is 0 Å². The summed E-state index contributed by atoms with van der Waals surface area (Å²) in [5.74, 6) is 0. The lowest BCUT2D eigenvalue weighted by Gasteiger charge is -2.35. The summed E-state index contributed by atoms with van der Waals surface area (Å²) in [5, 5.41) is 9.03. The van der Waals surface area contributed by atoms with Crippen molar-refractivity contribution in [2.75, 3.05) is 13.1 Å². The van der Waals surface area contributed by atoms with Crippen LogP contribution in [0.4, 0.5) is 9.59 Å². The van der Waals surface area contributed by atoms with E-state index in [-0.39, 0.29) is 49.4 Å². The second-order valence-corrected chi connectivity index (χ2v) is 13.3. The van der Waals surface area contributed by atoms with Gasteiger partial charge in [0.05, 0.1) is 23.5 Å². The number of rotatable bonds is 4. The first kappa shape index (κ1) is 35.9. The number of benzene rings is 1. The maximum absolute atomic E-state index is 12.6. The molecule has 1 aromatic carbocycles. The molecular weight excluding hydrogens is 640 g/mol. The number of piperidine rings is 2. The van der Waals surface area contributed by atoms with Crippen LogP contribution in [0.25, 0.3) is 11.3 Å². The van der Waals surface area contributed by atoms with Crippen molar-refractivity contribution in [3.63, 3.8) is 0 Å². The Morgan fingerprint density at radius 1 is 0.760 bits per heavy atom. The summed E-state index contributed by atoms with van der Waals surface area (Å²) in [5.41, 5.74) is 2.88. The third-order valence-corrected chi connectivity index (χ3v) is 8.50. The van der Waals surface area contributed by atoms with Crippen LogP contribution in [0.1, 0.15) is 95.8 Å². The van der Waals surface area contributed by atoms with Crippen molar-refractivity contribution < 1.29 is 19.1 Å². The maximum atomic E-state index is 12.6. The fraction of sp³-hybridized carbons (Fsp3) is 0.444. The smallest absolute Gasteiger partial charge is 0.410 e. The number of amides is 2. The van der Waals surface area contributed by atoms with Crippen molar-refractivity contribution in [3.8, 4) is 0 Å². The van der Waals surface area contributed by atoms with Crippen molar-refractivity contribution in [2.45, 2.75) is 91.0 Å². The molecule has 0 aliphatic carbocycles. The average Bonchev–Trinajstić information content (AvgIpc) is 3.71. The van der Waals surface area contributed by atoms with Gasteiger partial charge in [-0.25, -0.2) is 18.6 Å². The van der Waals surface area contributed by atoms with E-state index >= 15 is 0 Å². The van der Waals surface area contributed by atoms with Crippen LogP contribution in [-0.2, 0) is 16.1 Å². The fourth-order valence-corrected chi connectivity index (χ4v) is 6.22. The molecule has 14 heteroatoms. The SMILES string of the molecule is C.CC(C)(C)OC(=O)N1CCCC[C@H]1c1cc2[nH]c(=O)ccn2n1.O=C(OCc1ccccc1)N1CCCC[C@H]1c1cc2[nH]c(=O)ccn2n1. The molecule has 2 fully saturated rings. The van der Waals surface area contributed by atoms with Crippen molar-refractivity contribution >= 4 is 23.5 Å². The molecule has 2 amide bonds. The molecule has 0 saturated carbocycles. The fourth-order valence-electron chi connectivity index (χ4n) is 6.22. The number of carbonyl (C=O) groups excluding carboxylic acids is 2. The number of ether oxygens (including phenoxy) is 2. The zero-order valence-electron chi connectivity index (χ0n) is 28.0. The van der Waals surface area contributed by atoms with Gasteiger partial charge in [-0.05, 0) is 64.9 Å². The first-order chi connectivity index (χ1) is 23.5. The number of fused-ring (bicyclic) bond motifs is 2. The Morgan fingerprint density at radius 2 is 1.26 bits per heavy atom. The second kappa shape index (κ2) is 15.4. The second-order valence-electron chi connectivity index (χ2n) is 13.3. The zero-order chi connectivity index (χ0) is 34.5. The molecule has 14 nitrogen and oxygen atoms in total. The molecule has 2 aliphatic rings. The highest BCUT2D eigenvalue weighted by atomic mass is 16.6. The van der Waals surface area contributed by atoms with Gasteiger partial charge in [0.15, 0.2) is 0 Å². The molecule has 2 aliphatic heterocycles. The van der Waals surface area contributed by atoms with E-state index in [1.165, 1.54) is 12.1 Å². The molecule has 7 rings (SSSR count). The van der Waals surface area contributed by atoms with E-state index in [2.05, 4.69) is 20.2 Å². The monoisotopic (exact) mass is 686 g/mol. The summed E-state index contributed by atoms with van der Waals surface area (Å²) in [6.07, 6.45) is 8.24. The number of hydrogen-bond acceptors (Lipinski definition) is 8. The Morgan fingerprint density at radius 3 is 1.76 bits per heavy atom. The normalized spacial score (nSPS) is 17.8. The molecule has 2 saturated heterocycles. The maximum Gasteiger partial charge on any atom is 0.410 e. The number of aromatic nitrogens is 6. The number of hydrogen-bond donors (Lipinski definition) is 2. The summed E-state index contributed by atoms with van der Waals surface area (Å²) in [4.78, 5) is 57.0. The predicted molar refractivity (Wildman–Crippen MR) is 188 cm³/mol. The molecule has 5 aromatic rings. The van der Waals surface area contributed by atoms with E-state index < -0.39 is 5.60 Å². The standard InChI is InChI=1S/C19H20N4O3.C16H22N4O3.CH4/c24-18-9-11-23-17(20-18)12-15(21-23)16-8-4-5-10-22(16)19(25)26-13-14-6-2-1-3-7-14;1-16(2,3)23-15(22)19-8-5-4-6-12(19)11-10-13-17-14(21)7-9-20(13)18-11;/h1-3,6-7,9,11-12,16H,4-5,8,10,13H2,(H,20,24);7,9-10,12H,4-6,8H2,1-3H3,(H,17,21);1H4/t16-;12-;/m00./s1. The minimum absolute atomic E-state index is 0. The van der Waals surface area contributed by atoms with Crippen LogP contribution in [0.2, 0.25) is 0 Å². The Kier molecular flexibility index (Phi) is 11.1. The van der Waals surface area contributed by atoms with Crippen molar-refractivity contribution in [3.05, 3.63) is 105 Å². The molecular formula is C36H46N8O6. The number of nitrogens with zero attached hydrogens (tertiary/aromatic N) is 6. The van der Waals surface area contributed by atoms with Gasteiger partial charge < -0.3 is 19.4 Å². The molecule has 266 valence electrons. The van der Waals surface area contributed by atoms with Gasteiger partial charge in [-0.1, -0.05) is 37.8 Å². The van der Waals surface area contributed by atoms with Crippen molar-refractivity contribution in [1.82, 2.24) is 39.0 Å². The van der Waals surface area contributed by atoms with Crippen molar-refractivity contribution in [2.24, 2.45) is 0 Å². The number of nitrogens with one attached hydrogen (secondary N) is 2. The van der Waals surface area contributed by atoms with Crippen LogP contribution in [0.5, 0.6) is 0 Å². The zero-order valence-corrected chi connectivity index (χ0v) is 28.0. The third-order valence-electron chi connectivity index (χ3n) is 8.50. The molecule has 0 bridgehead atoms. The lowest BCUT2D eigenvalue weighted by atomic mass is 10.00. The highest BCUT2D eigenvalue weighted by Crippen LogP contribution is 2.32. The average molecular weight is 687 g/mol. The van der Waals surface area contributed by atoms with E-state index in [1.807, 2.05) is 63.2 Å². The van der Waals surface area contributed by atoms with Crippen LogP contribution in [-0.4, -0.2) is 69.9 Å². The quantitative estimate of drug-likeness (QED) is 0.233. The van der Waals surface area contributed by atoms with Gasteiger partial charge in [-0.15, -0.1) is 0 Å². The lowest BCUT2D eigenvalue weighted by Crippen LogP contribution is -2.42. The van der Waals surface area contributed by atoms with Gasteiger partial charge in [-0.2, -0.15) is 10.2 Å². The van der Waals surface area contributed by atoms with Crippen LogP contribution in [0, 0.1) is 0 Å². The van der Waals surface area contributed by atoms with Gasteiger partial charge in [0, 0.05) is 49.7 Å². The van der Waals surface area contributed by atoms with Crippen LogP contribution >= 0.6 is 0 Å². The largest absolute Gasteiger partial charge is 0.445 e. The number of H-pyrrole nitrogens is 2. The number of carbonyl (C=O) groups is 2. The molecule has 0 radical (unpaired) electrons. The molecule has 0 spiro atoms. The van der Waals surface area contributed by atoms with Gasteiger partial charge in [-0.3, -0.25) is 19.4 Å². The minimum Gasteiger partial charge on any atom is -0.445 e. The molecule has 4 aromatic heterocycles. The third kappa shape index (κ3) is 8.60. The Hall–Kier alpha value is -5.40. The topological polar surface area (TPSA) is 159 Å². The molecule has 0 unspecified atom stereocenters. The molecule has 6 heterocycles. The van der Waals surface area contributed by atoms with Crippen LogP contribution in [0.15, 0.2) is 76.6 Å². The first-order valence-electron chi connectivity index (χ1n) is 16.7. The Labute approximate surface area is 290 Å². The summed E-state index contributed by atoms with van der Waals surface area (Å²) in [7, 11) is 0. The van der Waals surface area contributed by atoms with Gasteiger partial charge in [0.25, 0.3) is 11.1 Å². The highest BCUT2D eigenvalue weighted by molar-refractivity contribution is 5.69. The van der Waals surface area contributed by atoms with Gasteiger partial charge in [0.2, 0.25) is 0 Å². The minimum atomic E-state index is -0.525. The van der Waals surface area contributed by atoms with Crippen LogP contribution < -0.4 is 11.1 Å². The summed E-state index contributed by atoms with van der Waals surface area (Å²) >= 11 is 0. The molecule has 50 heavy (non-hydrogen) atoms. The Balaban J connectivity index is 0.000000192. The van der Waals surface area contributed by atoms with E-state index in [1.54, 1.807) is 31.2 Å². The number of likely N-dealkylation sites (tertiary alicyclic amines) is 2. The molecule has 2 N–H and O–H groups in total. The van der Waals surface area contributed by atoms with Gasteiger partial charge >= 0.3 is 12.2 Å². The number of aromatic amines is 2. The Bertz CT molecular complexity index is 2030. The van der Waals surface area contributed by atoms with E-state index in [4.69, 9.17) is 9.47 Å². The summed E-state index contributed by atoms with van der Waals surface area (Å²) in [6.45, 7) is 7.13. The van der Waals surface area contributed by atoms with E-state index in [0.29, 0.717) is 24.4 Å². The van der Waals surface area contributed by atoms with E-state index in [0.717, 1.165) is 55.5 Å². The molecule has 2 atom stereocenters.